The van der Waals surface area contributed by atoms with Crippen molar-refractivity contribution < 1.29 is 0 Å². The lowest BCUT2D eigenvalue weighted by molar-refractivity contribution is 0.816. The number of nitrogens with zero attached hydrogens (tertiary/aromatic N) is 6. The number of benzene rings is 5. The molecular formula is C36H21Br3N6S4. The Kier molecular flexibility index (Phi) is 10.3. The van der Waals surface area contributed by atoms with Gasteiger partial charge in [0.15, 0.2) is 32.3 Å². The number of hydrogen-bond donors (Lipinski definition) is 4. The van der Waals surface area contributed by atoms with Crippen LogP contribution >= 0.6 is 98.3 Å². The minimum absolute atomic E-state index is 0.282. The van der Waals surface area contributed by atoms with Crippen LogP contribution < -0.4 is 0 Å². The number of halogens is 3. The van der Waals surface area contributed by atoms with E-state index in [4.69, 9.17) is 0 Å². The number of thiol groups is 4. The minimum Gasteiger partial charge on any atom is -0.203 e. The Bertz CT molecular complexity index is 2370. The smallest absolute Gasteiger partial charge is 0.189 e. The second-order valence-corrected chi connectivity index (χ2v) is 15.2. The van der Waals surface area contributed by atoms with Gasteiger partial charge >= 0.3 is 0 Å². The molecule has 0 aliphatic heterocycles. The van der Waals surface area contributed by atoms with Gasteiger partial charge in [0.2, 0.25) is 0 Å². The summed E-state index contributed by atoms with van der Waals surface area (Å²) in [4.78, 5) is 26.1. The van der Waals surface area contributed by atoms with Gasteiger partial charge in [-0.25, -0.2) is 19.9 Å². The Hall–Kier alpha value is -3.04. The second kappa shape index (κ2) is 14.7. The molecule has 0 radical (unpaired) electrons. The first kappa shape index (κ1) is 34.4. The van der Waals surface area contributed by atoms with Gasteiger partial charge in [0, 0.05) is 24.5 Å². The molecule has 0 aliphatic carbocycles. The van der Waals surface area contributed by atoms with Crippen LogP contribution in [0.2, 0.25) is 0 Å². The lowest BCUT2D eigenvalue weighted by atomic mass is 9.93. The standard InChI is InChI=1S/C36H21Br3N6S4/c37-28-6-2-4-19(13-28)23-9-25(16-29(38)14-23)26-10-24(15-30(39)17-26)22-8-21(11-27(12-22)32-42-35(48)45-36(49)43-32)18-3-1-5-20(7-18)31-40-33(46)44-34(47)41-31/h1-17H,(H2,40,41,44,46,47)(H2,42,43,45,48,49). The molecule has 0 aliphatic rings. The van der Waals surface area contributed by atoms with Gasteiger partial charge < -0.3 is 0 Å². The van der Waals surface area contributed by atoms with Crippen molar-refractivity contribution >= 4 is 98.3 Å². The van der Waals surface area contributed by atoms with E-state index in [0.717, 1.165) is 69.1 Å². The molecule has 240 valence electrons. The lowest BCUT2D eigenvalue weighted by Gasteiger charge is -2.14. The van der Waals surface area contributed by atoms with Gasteiger partial charge in [0.1, 0.15) is 0 Å². The van der Waals surface area contributed by atoms with Crippen LogP contribution in [0.5, 0.6) is 0 Å². The third kappa shape index (κ3) is 8.14. The summed E-state index contributed by atoms with van der Waals surface area (Å²) in [5, 5.41) is 1.16. The van der Waals surface area contributed by atoms with Crippen LogP contribution in [0, 0.1) is 0 Å². The van der Waals surface area contributed by atoms with Gasteiger partial charge in [-0.05, 0) is 117 Å². The first-order chi connectivity index (χ1) is 23.6. The van der Waals surface area contributed by atoms with Crippen molar-refractivity contribution in [2.24, 2.45) is 0 Å². The lowest BCUT2D eigenvalue weighted by Crippen LogP contribution is -1.97. The topological polar surface area (TPSA) is 77.3 Å². The Morgan fingerprint density at radius 1 is 0.306 bits per heavy atom. The molecule has 49 heavy (non-hydrogen) atoms. The van der Waals surface area contributed by atoms with Gasteiger partial charge in [0.05, 0.1) is 0 Å². The maximum atomic E-state index is 4.53. The molecule has 0 N–H and O–H groups in total. The number of aromatic nitrogens is 6. The highest BCUT2D eigenvalue weighted by Gasteiger charge is 2.15. The summed E-state index contributed by atoms with van der Waals surface area (Å²) in [5.41, 5.74) is 9.74. The maximum Gasteiger partial charge on any atom is 0.189 e. The fourth-order valence-corrected chi connectivity index (χ4v) is 7.71. The van der Waals surface area contributed by atoms with Gasteiger partial charge in [-0.2, -0.15) is 9.97 Å². The van der Waals surface area contributed by atoms with Crippen LogP contribution in [-0.4, -0.2) is 29.9 Å². The predicted molar refractivity (Wildman–Crippen MR) is 218 cm³/mol. The molecule has 13 heteroatoms. The Labute approximate surface area is 329 Å². The SMILES string of the molecule is Sc1nc(S)nc(-c2cccc(-c3cc(-c4cc(Br)cc(-c5cc(Br)cc(-c6cccc(Br)c6)c5)c4)cc(-c4nc(S)nc(S)n4)c3)c2)n1. The van der Waals surface area contributed by atoms with Crippen molar-refractivity contribution in [1.29, 1.82) is 0 Å². The van der Waals surface area contributed by atoms with E-state index < -0.39 is 0 Å². The quantitative estimate of drug-likeness (QED) is 0.125. The molecule has 0 saturated heterocycles. The highest BCUT2D eigenvalue weighted by molar-refractivity contribution is 9.11. The molecule has 7 aromatic rings. The van der Waals surface area contributed by atoms with E-state index in [2.05, 4.69) is 189 Å². The Balaban J connectivity index is 1.38. The molecule has 5 aromatic carbocycles. The first-order valence-electron chi connectivity index (χ1n) is 14.5. The van der Waals surface area contributed by atoms with Crippen molar-refractivity contribution in [3.05, 3.63) is 117 Å². The van der Waals surface area contributed by atoms with Gasteiger partial charge in [-0.15, -0.1) is 50.5 Å². The average Bonchev–Trinajstić information content (AvgIpc) is 3.07. The van der Waals surface area contributed by atoms with E-state index in [1.165, 1.54) is 0 Å². The summed E-state index contributed by atoms with van der Waals surface area (Å²) >= 11 is 28.6. The molecule has 0 atom stereocenters. The molecule has 6 nitrogen and oxygen atoms in total. The van der Waals surface area contributed by atoms with E-state index >= 15 is 0 Å². The zero-order valence-corrected chi connectivity index (χ0v) is 33.3. The van der Waals surface area contributed by atoms with Crippen molar-refractivity contribution in [2.45, 2.75) is 20.6 Å². The van der Waals surface area contributed by atoms with Crippen molar-refractivity contribution in [1.82, 2.24) is 29.9 Å². The average molecular weight is 906 g/mol. The third-order valence-electron chi connectivity index (χ3n) is 7.49. The zero-order valence-electron chi connectivity index (χ0n) is 24.9. The second-order valence-electron chi connectivity index (χ2n) is 10.9. The van der Waals surface area contributed by atoms with E-state index in [1.54, 1.807) is 0 Å². The fraction of sp³-hybridized carbons (Fsp3) is 0. The van der Waals surface area contributed by atoms with Crippen LogP contribution in [0.4, 0.5) is 0 Å². The van der Waals surface area contributed by atoms with E-state index in [0.29, 0.717) is 22.0 Å². The molecule has 2 heterocycles. The maximum absolute atomic E-state index is 4.53. The summed E-state index contributed by atoms with van der Waals surface area (Å²) in [6.45, 7) is 0. The number of rotatable bonds is 6. The summed E-state index contributed by atoms with van der Waals surface area (Å²) in [5.74, 6) is 0.940. The van der Waals surface area contributed by atoms with Crippen LogP contribution in [0.25, 0.3) is 67.3 Å². The first-order valence-corrected chi connectivity index (χ1v) is 18.7. The summed E-state index contributed by atoms with van der Waals surface area (Å²) in [6.07, 6.45) is 0. The molecule has 0 unspecified atom stereocenters. The molecular weight excluding hydrogens is 884 g/mol. The molecule has 0 fully saturated rings. The molecule has 0 spiro atoms. The minimum atomic E-state index is 0.282. The Morgan fingerprint density at radius 3 is 1.10 bits per heavy atom. The molecule has 2 aromatic heterocycles. The summed E-state index contributed by atoms with van der Waals surface area (Å²) in [6, 6.07) is 35.4. The summed E-state index contributed by atoms with van der Waals surface area (Å²) in [7, 11) is 0. The highest BCUT2D eigenvalue weighted by Crippen LogP contribution is 2.38. The zero-order chi connectivity index (χ0) is 34.2. The predicted octanol–water partition coefficient (Wildman–Crippen LogP) is 11.5. The normalized spacial score (nSPS) is 11.2. The van der Waals surface area contributed by atoms with Gasteiger partial charge in [0.25, 0.3) is 0 Å². The van der Waals surface area contributed by atoms with Gasteiger partial charge in [-0.3, -0.25) is 0 Å². The van der Waals surface area contributed by atoms with Crippen molar-refractivity contribution in [3.63, 3.8) is 0 Å². The van der Waals surface area contributed by atoms with Crippen LogP contribution in [-0.2, 0) is 0 Å². The largest absolute Gasteiger partial charge is 0.203 e. The van der Waals surface area contributed by atoms with Gasteiger partial charge in [-0.1, -0.05) is 78.1 Å². The third-order valence-corrected chi connectivity index (χ3v) is 9.70. The molecule has 0 amide bonds. The molecule has 0 saturated carbocycles. The van der Waals surface area contributed by atoms with Crippen LogP contribution in [0.3, 0.4) is 0 Å². The van der Waals surface area contributed by atoms with Crippen LogP contribution in [0.15, 0.2) is 137 Å². The Morgan fingerprint density at radius 2 is 0.612 bits per heavy atom. The van der Waals surface area contributed by atoms with Crippen LogP contribution in [0.1, 0.15) is 0 Å². The molecule has 7 rings (SSSR count). The fourth-order valence-electron chi connectivity index (χ4n) is 5.41. The van der Waals surface area contributed by atoms with Crippen molar-refractivity contribution in [3.8, 4) is 67.3 Å². The van der Waals surface area contributed by atoms with E-state index in [-0.39, 0.29) is 10.3 Å². The monoisotopic (exact) mass is 902 g/mol. The highest BCUT2D eigenvalue weighted by atomic mass is 79.9. The van der Waals surface area contributed by atoms with Crippen molar-refractivity contribution in [2.75, 3.05) is 0 Å². The molecule has 0 bridgehead atoms. The number of hydrogen-bond acceptors (Lipinski definition) is 10. The van der Waals surface area contributed by atoms with E-state index in [1.807, 2.05) is 42.5 Å². The summed E-state index contributed by atoms with van der Waals surface area (Å²) < 4.78 is 2.95. The van der Waals surface area contributed by atoms with E-state index in [9.17, 15) is 0 Å².